The fourth-order valence-electron chi connectivity index (χ4n) is 7.57. The van der Waals surface area contributed by atoms with E-state index in [0.29, 0.717) is 47.5 Å². The molecule has 9 nitrogen and oxygen atoms in total. The Hall–Kier alpha value is -2.30. The van der Waals surface area contributed by atoms with Crippen molar-refractivity contribution < 1.29 is 18.4 Å². The summed E-state index contributed by atoms with van der Waals surface area (Å²) in [5.74, 6) is 2.28. The number of anilines is 1. The van der Waals surface area contributed by atoms with E-state index in [1.807, 2.05) is 18.9 Å². The van der Waals surface area contributed by atoms with Gasteiger partial charge in [0.2, 0.25) is 5.88 Å². The van der Waals surface area contributed by atoms with Crippen molar-refractivity contribution in [2.75, 3.05) is 38.1 Å². The first-order chi connectivity index (χ1) is 19.3. The van der Waals surface area contributed by atoms with Crippen LogP contribution in [-0.4, -0.2) is 82.9 Å². The summed E-state index contributed by atoms with van der Waals surface area (Å²) < 4.78 is 26.6. The maximum atomic E-state index is 14.2. The Morgan fingerprint density at radius 3 is 2.75 bits per heavy atom. The Morgan fingerprint density at radius 2 is 2.00 bits per heavy atom. The van der Waals surface area contributed by atoms with E-state index in [0.717, 1.165) is 76.6 Å². The summed E-state index contributed by atoms with van der Waals surface area (Å²) in [7, 11) is 1.92. The highest BCUT2D eigenvalue weighted by Gasteiger charge is 2.49. The molecule has 4 atom stereocenters. The van der Waals surface area contributed by atoms with E-state index in [4.69, 9.17) is 30.8 Å². The average molecular weight is 573 g/mol. The molecule has 7 rings (SSSR count). The van der Waals surface area contributed by atoms with E-state index < -0.39 is 11.6 Å². The van der Waals surface area contributed by atoms with Crippen LogP contribution < -0.4 is 15.0 Å². The highest BCUT2D eigenvalue weighted by atomic mass is 35.5. The van der Waals surface area contributed by atoms with Gasteiger partial charge < -0.3 is 19.5 Å². The molecule has 2 aromatic heterocycles. The second kappa shape index (κ2) is 9.91. The fourth-order valence-corrected chi connectivity index (χ4v) is 7.82. The van der Waals surface area contributed by atoms with Gasteiger partial charge in [0, 0.05) is 49.7 Å². The largest absolute Gasteiger partial charge is 0.472 e. The van der Waals surface area contributed by atoms with Crippen molar-refractivity contribution in [2.24, 2.45) is 0 Å². The van der Waals surface area contributed by atoms with Gasteiger partial charge in [-0.2, -0.15) is 4.98 Å². The molecule has 2 aliphatic heterocycles. The van der Waals surface area contributed by atoms with Gasteiger partial charge in [-0.3, -0.25) is 9.69 Å². The Labute approximate surface area is 239 Å². The summed E-state index contributed by atoms with van der Waals surface area (Å²) in [5, 5.41) is 8.49. The minimum absolute atomic E-state index is 0.0844. The van der Waals surface area contributed by atoms with Gasteiger partial charge in [-0.05, 0) is 65.3 Å². The molecule has 0 radical (unpaired) electrons. The molecule has 11 heteroatoms. The molecule has 5 aliphatic rings. The zero-order chi connectivity index (χ0) is 27.6. The Bertz CT molecular complexity index is 1320. The highest BCUT2D eigenvalue weighted by molar-refractivity contribution is 6.34. The summed E-state index contributed by atoms with van der Waals surface area (Å²) in [4.78, 5) is 27.2. The monoisotopic (exact) mass is 572 g/mol. The maximum absolute atomic E-state index is 14.2. The lowest BCUT2D eigenvalue weighted by molar-refractivity contribution is -0.128. The zero-order valence-corrected chi connectivity index (χ0v) is 24.1. The lowest BCUT2D eigenvalue weighted by atomic mass is 9.64. The van der Waals surface area contributed by atoms with Crippen LogP contribution in [0, 0.1) is 0 Å². The number of likely N-dealkylation sites (tertiary alicyclic amines) is 1. The highest BCUT2D eigenvalue weighted by Crippen LogP contribution is 2.48. The predicted octanol–water partition coefficient (Wildman–Crippen LogP) is 4.25. The van der Waals surface area contributed by atoms with Gasteiger partial charge in [0.25, 0.3) is 0 Å². The number of fused-ring (bicyclic) bond motifs is 2. The third-order valence-electron chi connectivity index (χ3n) is 9.98. The van der Waals surface area contributed by atoms with Crippen molar-refractivity contribution in [3.8, 4) is 17.4 Å². The van der Waals surface area contributed by atoms with Gasteiger partial charge in [0.1, 0.15) is 23.1 Å². The van der Waals surface area contributed by atoms with Gasteiger partial charge in [-0.15, -0.1) is 0 Å². The summed E-state index contributed by atoms with van der Waals surface area (Å²) in [6.45, 7) is 4.74. The third-order valence-corrected chi connectivity index (χ3v) is 10.3. The molecule has 1 N–H and O–H groups in total. The fraction of sp³-hybridized carbons (Fsp3) is 0.724. The van der Waals surface area contributed by atoms with Crippen molar-refractivity contribution in [2.45, 2.75) is 100 Å². The van der Waals surface area contributed by atoms with Crippen LogP contribution in [0.5, 0.6) is 5.88 Å². The van der Waals surface area contributed by atoms with Crippen LogP contribution >= 0.6 is 11.6 Å². The standard InChI is InChI=1S/C29H38ClFN6O3/c1-17(20-14-18(31)15-36(20)2)39-27-22(30)26(37-13-12-32-28(16-37)10-11-28)33-25(34-27)23-19-6-5-9-29(24(19)40-35-23)8-4-3-7-21(29)38/h17-18,20,32H,3-16H2,1-2H3/t17-,18+,20-,29+/m0/s1. The lowest BCUT2D eigenvalue weighted by Gasteiger charge is -2.37. The minimum Gasteiger partial charge on any atom is -0.472 e. The SMILES string of the molecule is C[C@H](Oc1nc(-c2noc3c2CCC[C@@]32CCCCC2=O)nc(N2CCNC3(CC3)C2)c1Cl)[C@@H]1C[C@@H](F)CN1C. The second-order valence-electron chi connectivity index (χ2n) is 12.7. The topological polar surface area (TPSA) is 96.6 Å². The van der Waals surface area contributed by atoms with Crippen molar-refractivity contribution >= 4 is 23.2 Å². The van der Waals surface area contributed by atoms with Crippen LogP contribution in [-0.2, 0) is 16.6 Å². The van der Waals surface area contributed by atoms with Gasteiger partial charge in [-0.25, -0.2) is 9.37 Å². The van der Waals surface area contributed by atoms with E-state index in [1.54, 1.807) is 0 Å². The van der Waals surface area contributed by atoms with Crippen molar-refractivity contribution in [1.82, 2.24) is 25.3 Å². The van der Waals surface area contributed by atoms with Crippen molar-refractivity contribution in [3.63, 3.8) is 0 Å². The molecule has 2 aromatic rings. The molecule has 2 saturated heterocycles. The number of carbonyl (C=O) groups excluding carboxylic acids is 1. The first kappa shape index (κ1) is 26.6. The van der Waals surface area contributed by atoms with Crippen LogP contribution in [0.4, 0.5) is 10.2 Å². The lowest BCUT2D eigenvalue weighted by Crippen LogP contribution is -2.53. The van der Waals surface area contributed by atoms with Gasteiger partial charge >= 0.3 is 0 Å². The number of nitrogens with one attached hydrogen (secondary N) is 1. The number of hydrogen-bond donors (Lipinski definition) is 1. The number of alkyl halides is 1. The molecule has 0 unspecified atom stereocenters. The predicted molar refractivity (Wildman–Crippen MR) is 149 cm³/mol. The number of rotatable bonds is 5. The molecule has 4 heterocycles. The molecule has 2 spiro atoms. The number of likely N-dealkylation sites (N-methyl/N-ethyl adjacent to an activating group) is 1. The average Bonchev–Trinajstić information content (AvgIpc) is 3.36. The van der Waals surface area contributed by atoms with Gasteiger partial charge in [0.15, 0.2) is 23.1 Å². The Morgan fingerprint density at radius 1 is 1.18 bits per heavy atom. The minimum atomic E-state index is -0.875. The number of hydrogen-bond acceptors (Lipinski definition) is 9. The smallest absolute Gasteiger partial charge is 0.238 e. The van der Waals surface area contributed by atoms with Gasteiger partial charge in [-0.1, -0.05) is 23.2 Å². The zero-order valence-electron chi connectivity index (χ0n) is 23.3. The summed E-state index contributed by atoms with van der Waals surface area (Å²) in [6.07, 6.45) is 7.27. The number of ether oxygens (including phenoxy) is 1. The van der Waals surface area contributed by atoms with E-state index >= 15 is 0 Å². The van der Waals surface area contributed by atoms with E-state index in [9.17, 15) is 9.18 Å². The number of carbonyl (C=O) groups is 1. The molecule has 40 heavy (non-hydrogen) atoms. The molecule has 216 valence electrons. The molecule has 0 aromatic carbocycles. The molecule has 4 fully saturated rings. The molecule has 0 bridgehead atoms. The Kier molecular flexibility index (Phi) is 6.59. The van der Waals surface area contributed by atoms with E-state index in [1.165, 1.54) is 0 Å². The van der Waals surface area contributed by atoms with Crippen LogP contribution in [0.2, 0.25) is 5.02 Å². The Balaban J connectivity index is 1.29. The second-order valence-corrected chi connectivity index (χ2v) is 13.1. The number of aromatic nitrogens is 3. The first-order valence-corrected chi connectivity index (χ1v) is 15.3. The number of piperazine rings is 1. The first-order valence-electron chi connectivity index (χ1n) is 14.9. The van der Waals surface area contributed by atoms with Gasteiger partial charge in [0.05, 0.1) is 5.41 Å². The number of ketones is 1. The van der Waals surface area contributed by atoms with E-state index in [2.05, 4.69) is 15.4 Å². The molecular formula is C29H38ClFN6O3. The number of halogens is 2. The van der Waals surface area contributed by atoms with Crippen molar-refractivity contribution in [1.29, 1.82) is 0 Å². The van der Waals surface area contributed by atoms with E-state index in [-0.39, 0.29) is 29.3 Å². The number of Topliss-reactive ketones (excluding diaryl/α,β-unsaturated/α-hetero) is 1. The molecular weight excluding hydrogens is 535 g/mol. The molecule has 2 saturated carbocycles. The molecule has 0 amide bonds. The van der Waals surface area contributed by atoms with Crippen LogP contribution in [0.1, 0.15) is 76.0 Å². The molecule has 3 aliphatic carbocycles. The van der Waals surface area contributed by atoms with Crippen LogP contribution in [0.25, 0.3) is 11.5 Å². The van der Waals surface area contributed by atoms with Crippen molar-refractivity contribution in [3.05, 3.63) is 16.3 Å². The number of nitrogens with zero attached hydrogens (tertiary/aromatic N) is 5. The third kappa shape index (κ3) is 4.41. The summed E-state index contributed by atoms with van der Waals surface area (Å²) >= 11 is 7.00. The van der Waals surface area contributed by atoms with Crippen LogP contribution in [0.3, 0.4) is 0 Å². The summed E-state index contributed by atoms with van der Waals surface area (Å²) in [6, 6.07) is -0.0844. The maximum Gasteiger partial charge on any atom is 0.238 e. The normalized spacial score (nSPS) is 30.6. The van der Waals surface area contributed by atoms with Crippen LogP contribution in [0.15, 0.2) is 4.52 Å². The summed E-state index contributed by atoms with van der Waals surface area (Å²) in [5.41, 5.74) is 1.04. The quantitative estimate of drug-likeness (QED) is 0.564.